The lowest BCUT2D eigenvalue weighted by Crippen LogP contribution is -2.41. The number of halogens is 1. The zero-order valence-electron chi connectivity index (χ0n) is 14.0. The molecule has 0 heterocycles. The molecule has 1 aromatic rings. The van der Waals surface area contributed by atoms with E-state index in [4.69, 9.17) is 4.74 Å². The summed E-state index contributed by atoms with van der Waals surface area (Å²) in [6.07, 6.45) is 2.69. The van der Waals surface area contributed by atoms with Crippen LogP contribution in [0.4, 0.5) is 0 Å². The number of aliphatic imine (C=N–C) groups is 1. The molecule has 0 spiro atoms. The first-order valence-corrected chi connectivity index (χ1v) is 8.95. The number of rotatable bonds is 9. The van der Waals surface area contributed by atoms with Crippen LogP contribution in [0.1, 0.15) is 12.8 Å². The van der Waals surface area contributed by atoms with E-state index in [0.29, 0.717) is 0 Å². The summed E-state index contributed by atoms with van der Waals surface area (Å²) >= 11 is 1.86. The Morgan fingerprint density at radius 1 is 1.35 bits per heavy atom. The van der Waals surface area contributed by atoms with Gasteiger partial charge in [0, 0.05) is 44.4 Å². The van der Waals surface area contributed by atoms with Gasteiger partial charge in [-0.25, -0.2) is 0 Å². The summed E-state index contributed by atoms with van der Waals surface area (Å²) in [5.41, 5.74) is 0. The Morgan fingerprint density at radius 2 is 2.09 bits per heavy atom. The first-order valence-electron chi connectivity index (χ1n) is 7.97. The van der Waals surface area contributed by atoms with Crippen molar-refractivity contribution in [2.45, 2.75) is 17.7 Å². The predicted molar refractivity (Wildman–Crippen MR) is 110 cm³/mol. The minimum atomic E-state index is 0. The molecule has 4 nitrogen and oxygen atoms in total. The first kappa shape index (κ1) is 20.6. The van der Waals surface area contributed by atoms with Gasteiger partial charge < -0.3 is 15.0 Å². The Labute approximate surface area is 161 Å². The molecule has 1 saturated carbocycles. The normalized spacial score (nSPS) is 14.3. The van der Waals surface area contributed by atoms with Crippen molar-refractivity contribution in [3.05, 3.63) is 30.3 Å². The Balaban J connectivity index is 0.00000264. The standard InChI is InChI=1S/C17H27N3OS.HI/c1-18-17(20(2)11-12-21-14-15-8-9-15)19-10-13-22-16-6-4-3-5-7-16;/h3-7,15H,8-14H2,1-2H3,(H,18,19);1H. The second-order valence-corrected chi connectivity index (χ2v) is 6.74. The largest absolute Gasteiger partial charge is 0.379 e. The lowest BCUT2D eigenvalue weighted by Gasteiger charge is -2.22. The number of nitrogens with zero attached hydrogens (tertiary/aromatic N) is 2. The molecule has 1 aliphatic rings. The molecule has 1 aromatic carbocycles. The van der Waals surface area contributed by atoms with Crippen molar-refractivity contribution < 1.29 is 4.74 Å². The van der Waals surface area contributed by atoms with E-state index in [-0.39, 0.29) is 24.0 Å². The topological polar surface area (TPSA) is 36.9 Å². The number of hydrogen-bond acceptors (Lipinski definition) is 3. The third-order valence-corrected chi connectivity index (χ3v) is 4.61. The van der Waals surface area contributed by atoms with Crippen LogP contribution >= 0.6 is 35.7 Å². The molecule has 1 N–H and O–H groups in total. The number of nitrogens with one attached hydrogen (secondary N) is 1. The van der Waals surface area contributed by atoms with Crippen LogP contribution in [0, 0.1) is 5.92 Å². The number of benzene rings is 1. The van der Waals surface area contributed by atoms with Crippen molar-refractivity contribution in [1.29, 1.82) is 0 Å². The summed E-state index contributed by atoms with van der Waals surface area (Å²) in [5, 5.41) is 3.40. The number of likely N-dealkylation sites (N-methyl/N-ethyl adjacent to an activating group) is 1. The monoisotopic (exact) mass is 449 g/mol. The first-order chi connectivity index (χ1) is 10.8. The van der Waals surface area contributed by atoms with E-state index in [1.165, 1.54) is 17.7 Å². The quantitative estimate of drug-likeness (QED) is 0.206. The van der Waals surface area contributed by atoms with E-state index in [0.717, 1.165) is 43.9 Å². The molecule has 0 amide bonds. The van der Waals surface area contributed by atoms with Gasteiger partial charge in [0.05, 0.1) is 6.61 Å². The molecule has 0 aromatic heterocycles. The molecule has 2 rings (SSSR count). The molecular weight excluding hydrogens is 421 g/mol. The fourth-order valence-corrected chi connectivity index (χ4v) is 2.86. The van der Waals surface area contributed by atoms with Gasteiger partial charge in [-0.15, -0.1) is 35.7 Å². The van der Waals surface area contributed by atoms with E-state index < -0.39 is 0 Å². The summed E-state index contributed by atoms with van der Waals surface area (Å²) in [6.45, 7) is 3.47. The molecule has 0 aliphatic heterocycles. The highest BCUT2D eigenvalue weighted by Crippen LogP contribution is 2.28. The fraction of sp³-hybridized carbons (Fsp3) is 0.588. The van der Waals surface area contributed by atoms with Crippen LogP contribution in [-0.4, -0.2) is 57.0 Å². The summed E-state index contributed by atoms with van der Waals surface area (Å²) < 4.78 is 5.68. The predicted octanol–water partition coefficient (Wildman–Crippen LogP) is 3.33. The summed E-state index contributed by atoms with van der Waals surface area (Å²) in [4.78, 5) is 7.76. The van der Waals surface area contributed by atoms with E-state index in [9.17, 15) is 0 Å². The zero-order chi connectivity index (χ0) is 15.6. The van der Waals surface area contributed by atoms with Crippen LogP contribution in [0.15, 0.2) is 40.2 Å². The van der Waals surface area contributed by atoms with E-state index in [1.54, 1.807) is 0 Å². The molecule has 0 unspecified atom stereocenters. The highest BCUT2D eigenvalue weighted by atomic mass is 127. The van der Waals surface area contributed by atoms with Crippen molar-refractivity contribution in [2.75, 3.05) is 46.2 Å². The molecule has 0 saturated heterocycles. The second-order valence-electron chi connectivity index (χ2n) is 5.58. The Hall–Kier alpha value is -0.470. The zero-order valence-corrected chi connectivity index (χ0v) is 17.2. The van der Waals surface area contributed by atoms with Crippen molar-refractivity contribution in [1.82, 2.24) is 10.2 Å². The van der Waals surface area contributed by atoms with Crippen molar-refractivity contribution in [2.24, 2.45) is 10.9 Å². The minimum absolute atomic E-state index is 0. The molecule has 23 heavy (non-hydrogen) atoms. The molecule has 0 atom stereocenters. The van der Waals surface area contributed by atoms with E-state index >= 15 is 0 Å². The second kappa shape index (κ2) is 12.0. The highest BCUT2D eigenvalue weighted by Gasteiger charge is 2.21. The maximum absolute atomic E-state index is 5.68. The molecule has 0 radical (unpaired) electrons. The Kier molecular flexibility index (Phi) is 10.7. The van der Waals surface area contributed by atoms with Gasteiger partial charge in [0.1, 0.15) is 0 Å². The van der Waals surface area contributed by atoms with Gasteiger partial charge in [0.2, 0.25) is 0 Å². The van der Waals surface area contributed by atoms with Gasteiger partial charge in [-0.2, -0.15) is 0 Å². The van der Waals surface area contributed by atoms with Crippen LogP contribution in [-0.2, 0) is 4.74 Å². The highest BCUT2D eigenvalue weighted by molar-refractivity contribution is 14.0. The van der Waals surface area contributed by atoms with Crippen molar-refractivity contribution >= 4 is 41.7 Å². The Morgan fingerprint density at radius 3 is 2.74 bits per heavy atom. The summed E-state index contributed by atoms with van der Waals surface area (Å²) in [6, 6.07) is 10.5. The smallest absolute Gasteiger partial charge is 0.193 e. The average Bonchev–Trinajstić information content (AvgIpc) is 3.37. The number of guanidine groups is 1. The number of hydrogen-bond donors (Lipinski definition) is 1. The van der Waals surface area contributed by atoms with Crippen LogP contribution in [0.3, 0.4) is 0 Å². The van der Waals surface area contributed by atoms with Crippen LogP contribution in [0.5, 0.6) is 0 Å². The van der Waals surface area contributed by atoms with Crippen LogP contribution in [0.2, 0.25) is 0 Å². The summed E-state index contributed by atoms with van der Waals surface area (Å²) in [7, 11) is 3.88. The summed E-state index contributed by atoms with van der Waals surface area (Å²) in [5.74, 6) is 2.79. The van der Waals surface area contributed by atoms with Crippen molar-refractivity contribution in [3.8, 4) is 0 Å². The lowest BCUT2D eigenvalue weighted by molar-refractivity contribution is 0.115. The third kappa shape index (κ3) is 8.81. The molecule has 6 heteroatoms. The van der Waals surface area contributed by atoms with Crippen LogP contribution < -0.4 is 5.32 Å². The Bertz CT molecular complexity index is 454. The van der Waals surface area contributed by atoms with Gasteiger partial charge in [-0.05, 0) is 30.9 Å². The molecule has 1 aliphatic carbocycles. The SMILES string of the molecule is CN=C(NCCSc1ccccc1)N(C)CCOCC1CC1.I. The molecule has 130 valence electrons. The number of ether oxygens (including phenoxy) is 1. The van der Waals surface area contributed by atoms with Gasteiger partial charge in [-0.3, -0.25) is 4.99 Å². The van der Waals surface area contributed by atoms with Crippen LogP contribution in [0.25, 0.3) is 0 Å². The molecular formula is C17H28IN3OS. The van der Waals surface area contributed by atoms with E-state index in [1.807, 2.05) is 24.9 Å². The third-order valence-electron chi connectivity index (χ3n) is 3.59. The molecule has 1 fully saturated rings. The minimum Gasteiger partial charge on any atom is -0.379 e. The van der Waals surface area contributed by atoms with Gasteiger partial charge >= 0.3 is 0 Å². The van der Waals surface area contributed by atoms with Gasteiger partial charge in [-0.1, -0.05) is 18.2 Å². The van der Waals surface area contributed by atoms with Gasteiger partial charge in [0.25, 0.3) is 0 Å². The average molecular weight is 449 g/mol. The van der Waals surface area contributed by atoms with E-state index in [2.05, 4.69) is 46.5 Å². The van der Waals surface area contributed by atoms with Crippen molar-refractivity contribution in [3.63, 3.8) is 0 Å². The van der Waals surface area contributed by atoms with Gasteiger partial charge in [0.15, 0.2) is 5.96 Å². The number of thioether (sulfide) groups is 1. The maximum atomic E-state index is 5.68. The fourth-order valence-electron chi connectivity index (χ4n) is 2.08. The maximum Gasteiger partial charge on any atom is 0.193 e. The lowest BCUT2D eigenvalue weighted by atomic mass is 10.4. The molecule has 0 bridgehead atoms.